The van der Waals surface area contributed by atoms with Crippen LogP contribution in [0.25, 0.3) is 0 Å². The van der Waals surface area contributed by atoms with Gasteiger partial charge in [0, 0.05) is 18.2 Å². The number of carbonyl (C=O) groups excluding carboxylic acids is 1. The smallest absolute Gasteiger partial charge is 0.224 e. The number of halogens is 1. The zero-order valence-electron chi connectivity index (χ0n) is 24.0. The number of thiazole rings is 1. The molecule has 3 aromatic rings. The van der Waals surface area contributed by atoms with Gasteiger partial charge < -0.3 is 26.6 Å². The van der Waals surface area contributed by atoms with Crippen LogP contribution in [0.1, 0.15) is 102 Å². The summed E-state index contributed by atoms with van der Waals surface area (Å²) >= 11 is 1.69. The van der Waals surface area contributed by atoms with Gasteiger partial charge in [-0.25, -0.2) is 0 Å². The lowest BCUT2D eigenvalue weighted by atomic mass is 10.1. The summed E-state index contributed by atoms with van der Waals surface area (Å²) in [4.78, 5) is 14.3. The lowest BCUT2D eigenvalue weighted by Crippen LogP contribution is -3.00. The summed E-state index contributed by atoms with van der Waals surface area (Å²) in [5.41, 5.74) is 5.31. The van der Waals surface area contributed by atoms with Crippen LogP contribution in [0.5, 0.6) is 5.75 Å². The molecule has 0 saturated heterocycles. The van der Waals surface area contributed by atoms with Crippen molar-refractivity contribution >= 4 is 22.9 Å². The number of benzene rings is 2. The number of hydrogen-bond acceptors (Lipinski definition) is 3. The molecule has 0 aliphatic heterocycles. The minimum Gasteiger partial charge on any atom is -1.00 e. The lowest BCUT2D eigenvalue weighted by Gasteiger charge is -2.22. The molecule has 0 atom stereocenters. The molecular weight excluding hydrogens is 568 g/mol. The number of amides is 1. The second-order valence-electron chi connectivity index (χ2n) is 10.4. The van der Waals surface area contributed by atoms with Gasteiger partial charge in [0.2, 0.25) is 11.4 Å². The molecule has 6 heteroatoms. The first kappa shape index (κ1) is 33.0. The Morgan fingerprint density at radius 3 is 2.08 bits per heavy atom. The van der Waals surface area contributed by atoms with E-state index in [1.54, 1.807) is 18.3 Å². The summed E-state index contributed by atoms with van der Waals surface area (Å²) in [6.45, 7) is 6.02. The highest BCUT2D eigenvalue weighted by Gasteiger charge is 2.13. The molecule has 4 nitrogen and oxygen atoms in total. The van der Waals surface area contributed by atoms with Crippen molar-refractivity contribution in [3.05, 3.63) is 76.7 Å². The third kappa shape index (κ3) is 13.1. The maximum atomic E-state index is 12.5. The van der Waals surface area contributed by atoms with Crippen molar-refractivity contribution in [1.82, 2.24) is 0 Å². The minimum atomic E-state index is 0. The summed E-state index contributed by atoms with van der Waals surface area (Å²) in [6, 6.07) is 16.4. The Morgan fingerprint density at radius 1 is 0.846 bits per heavy atom. The van der Waals surface area contributed by atoms with Crippen molar-refractivity contribution in [3.63, 3.8) is 0 Å². The van der Waals surface area contributed by atoms with Crippen molar-refractivity contribution in [2.24, 2.45) is 0 Å². The van der Waals surface area contributed by atoms with Gasteiger partial charge in [0.05, 0.1) is 18.5 Å². The number of anilines is 1. The van der Waals surface area contributed by atoms with Crippen LogP contribution in [0.3, 0.4) is 0 Å². The predicted octanol–water partition coefficient (Wildman–Crippen LogP) is 5.72. The summed E-state index contributed by atoms with van der Waals surface area (Å²) in [5, 5.41) is 2.07. The Balaban J connectivity index is 0.00000533. The Morgan fingerprint density at radius 2 is 1.49 bits per heavy atom. The van der Waals surface area contributed by atoms with Gasteiger partial charge >= 0.3 is 0 Å². The van der Waals surface area contributed by atoms with Crippen molar-refractivity contribution in [2.45, 2.75) is 104 Å². The van der Waals surface area contributed by atoms with E-state index in [1.165, 1.54) is 76.2 Å². The van der Waals surface area contributed by atoms with Gasteiger partial charge in [-0.3, -0.25) is 4.79 Å². The summed E-state index contributed by atoms with van der Waals surface area (Å²) in [5.74, 6) is 0.921. The van der Waals surface area contributed by atoms with Gasteiger partial charge in [0.15, 0.2) is 12.7 Å². The average Bonchev–Trinajstić information content (AvgIpc) is 3.44. The van der Waals surface area contributed by atoms with Crippen LogP contribution in [-0.2, 0) is 17.9 Å². The Kier molecular flexibility index (Phi) is 16.8. The Hall–Kier alpha value is -2.18. The molecule has 0 N–H and O–H groups in total. The second-order valence-corrected chi connectivity index (χ2v) is 11.1. The average molecular weight is 616 g/mol. The van der Waals surface area contributed by atoms with Crippen molar-refractivity contribution in [1.29, 1.82) is 0 Å². The first-order valence-corrected chi connectivity index (χ1v) is 15.6. The topological polar surface area (TPSA) is 33.4 Å². The van der Waals surface area contributed by atoms with E-state index in [0.717, 1.165) is 36.6 Å². The van der Waals surface area contributed by atoms with Gasteiger partial charge in [-0.2, -0.15) is 4.57 Å². The monoisotopic (exact) mass is 614 g/mol. The van der Waals surface area contributed by atoms with Crippen LogP contribution in [0.4, 0.5) is 5.69 Å². The number of ether oxygens (including phenoxy) is 1. The molecule has 0 fully saturated rings. The maximum Gasteiger partial charge on any atom is 0.224 e. The fourth-order valence-electron chi connectivity index (χ4n) is 4.78. The van der Waals surface area contributed by atoms with Gasteiger partial charge in [-0.05, 0) is 36.2 Å². The van der Waals surface area contributed by atoms with Crippen LogP contribution in [0.2, 0.25) is 0 Å². The van der Waals surface area contributed by atoms with Crippen LogP contribution in [0.15, 0.2) is 65.6 Å². The fourth-order valence-corrected chi connectivity index (χ4v) is 5.38. The molecule has 0 bridgehead atoms. The highest BCUT2D eigenvalue weighted by atomic mass is 79.9. The molecule has 0 radical (unpaired) electrons. The molecule has 39 heavy (non-hydrogen) atoms. The van der Waals surface area contributed by atoms with E-state index < -0.39 is 0 Å². The number of hydrogen-bond donors (Lipinski definition) is 0. The highest BCUT2D eigenvalue weighted by molar-refractivity contribution is 7.07. The molecule has 0 unspecified atom stereocenters. The van der Waals surface area contributed by atoms with Gasteiger partial charge in [0.25, 0.3) is 0 Å². The van der Waals surface area contributed by atoms with Crippen molar-refractivity contribution < 1.29 is 31.1 Å². The number of nitrogens with zero attached hydrogens (tertiary/aromatic N) is 2. The SMILES string of the molecule is CCCCCCCCCCCCCCOc1cccc(CN(C(C)=O)c2ccc(C[n+]3ccsc3)cc2)c1.[Br-]. The van der Waals surface area contributed by atoms with E-state index in [9.17, 15) is 4.79 Å². The quantitative estimate of drug-likeness (QED) is 0.128. The maximum absolute atomic E-state index is 12.5. The predicted molar refractivity (Wildman–Crippen MR) is 160 cm³/mol. The van der Waals surface area contributed by atoms with Crippen molar-refractivity contribution in [3.8, 4) is 5.75 Å². The van der Waals surface area contributed by atoms with E-state index >= 15 is 0 Å². The van der Waals surface area contributed by atoms with Gasteiger partial charge in [-0.15, -0.1) is 0 Å². The second kappa shape index (κ2) is 19.8. The van der Waals surface area contributed by atoms with E-state index in [2.05, 4.69) is 52.8 Å². The van der Waals surface area contributed by atoms with Crippen LogP contribution >= 0.6 is 11.3 Å². The molecular formula is C33H47BrN2O2S. The molecule has 0 spiro atoms. The van der Waals surface area contributed by atoms with Crippen LogP contribution in [-0.4, -0.2) is 12.5 Å². The van der Waals surface area contributed by atoms with Crippen LogP contribution < -0.4 is 31.2 Å². The van der Waals surface area contributed by atoms with E-state index in [0.29, 0.717) is 6.54 Å². The molecule has 1 aromatic heterocycles. The number of unbranched alkanes of at least 4 members (excludes halogenated alkanes) is 11. The minimum absolute atomic E-state index is 0. The third-order valence-corrected chi connectivity index (χ3v) is 7.70. The Labute approximate surface area is 251 Å². The summed E-state index contributed by atoms with van der Waals surface area (Å²) < 4.78 is 8.20. The lowest BCUT2D eigenvalue weighted by molar-refractivity contribution is -0.683. The van der Waals surface area contributed by atoms with Crippen LogP contribution in [0, 0.1) is 0 Å². The molecule has 0 saturated carbocycles. The normalized spacial score (nSPS) is 10.7. The number of aromatic nitrogens is 1. The number of rotatable bonds is 19. The highest BCUT2D eigenvalue weighted by Crippen LogP contribution is 2.21. The molecule has 2 aromatic carbocycles. The zero-order chi connectivity index (χ0) is 26.8. The van der Waals surface area contributed by atoms with Crippen molar-refractivity contribution in [2.75, 3.05) is 11.5 Å². The zero-order valence-corrected chi connectivity index (χ0v) is 26.4. The molecule has 214 valence electrons. The van der Waals surface area contributed by atoms with E-state index in [4.69, 9.17) is 4.74 Å². The summed E-state index contributed by atoms with van der Waals surface area (Å²) in [7, 11) is 0. The molecule has 1 heterocycles. The third-order valence-electron chi connectivity index (χ3n) is 7.03. The van der Waals surface area contributed by atoms with Gasteiger partial charge in [0.1, 0.15) is 5.75 Å². The first-order valence-electron chi connectivity index (χ1n) is 14.7. The molecule has 1 amide bonds. The van der Waals surface area contributed by atoms with Gasteiger partial charge in [-0.1, -0.05) is 113 Å². The van der Waals surface area contributed by atoms with E-state index in [-0.39, 0.29) is 22.9 Å². The largest absolute Gasteiger partial charge is 1.00 e. The number of carbonyl (C=O) groups is 1. The van der Waals surface area contributed by atoms with E-state index in [1.807, 2.05) is 29.2 Å². The molecule has 0 aliphatic rings. The molecule has 0 aliphatic carbocycles. The molecule has 3 rings (SSSR count). The first-order chi connectivity index (χ1) is 18.7. The fraction of sp³-hybridized carbons (Fsp3) is 0.515. The standard InChI is InChI=1S/C33H47N2O2S.BrH/c1-3-4-5-6-7-8-9-10-11-12-13-14-23-37-33-17-15-16-31(25-33)27-35(29(2)36)32-20-18-30(19-21-32)26-34-22-24-38-28-34;/h15-22,24-25,28H,3-14,23,26-27H2,1-2H3;1H/q+1;/p-1. The summed E-state index contributed by atoms with van der Waals surface area (Å²) in [6.07, 6.45) is 18.2. The Bertz CT molecular complexity index is 1040.